The summed E-state index contributed by atoms with van der Waals surface area (Å²) in [5.41, 5.74) is 0.817. The molecule has 1 N–H and O–H groups in total. The second-order valence-corrected chi connectivity index (χ2v) is 6.25. The van der Waals surface area contributed by atoms with E-state index >= 15 is 0 Å². The van der Waals surface area contributed by atoms with Gasteiger partial charge in [-0.15, -0.1) is 0 Å². The van der Waals surface area contributed by atoms with Crippen molar-refractivity contribution < 1.29 is 4.74 Å². The summed E-state index contributed by atoms with van der Waals surface area (Å²) < 4.78 is 5.60. The van der Waals surface area contributed by atoms with Gasteiger partial charge in [-0.3, -0.25) is 0 Å². The summed E-state index contributed by atoms with van der Waals surface area (Å²) in [6, 6.07) is 1.53. The molecule has 0 aliphatic rings. The number of nitrogens with zero attached hydrogens (tertiary/aromatic N) is 3. The van der Waals surface area contributed by atoms with Crippen LogP contribution in [0.1, 0.15) is 25.4 Å². The molecule has 23 heavy (non-hydrogen) atoms. The van der Waals surface area contributed by atoms with Crippen LogP contribution in [0.3, 0.4) is 0 Å². The summed E-state index contributed by atoms with van der Waals surface area (Å²) in [6.45, 7) is 6.12. The fourth-order valence-electron chi connectivity index (χ4n) is 1.93. The molecule has 2 rings (SSSR count). The molecule has 8 heteroatoms. The van der Waals surface area contributed by atoms with Gasteiger partial charge in [0.25, 0.3) is 0 Å². The smallest absolute Gasteiger partial charge is 0.232 e. The minimum absolute atomic E-state index is 0.0555. The Morgan fingerprint density at radius 1 is 1.26 bits per heavy atom. The van der Waals surface area contributed by atoms with Crippen LogP contribution < -0.4 is 10.1 Å². The second kappa shape index (κ2) is 7.99. The molecule has 0 fully saturated rings. The lowest BCUT2D eigenvalue weighted by Crippen LogP contribution is -2.25. The van der Waals surface area contributed by atoms with Gasteiger partial charge in [0.2, 0.25) is 5.88 Å². The van der Waals surface area contributed by atoms with E-state index < -0.39 is 0 Å². The van der Waals surface area contributed by atoms with Crippen molar-refractivity contribution in [2.24, 2.45) is 0 Å². The Morgan fingerprint density at radius 2 is 2.00 bits per heavy atom. The molecule has 2 heterocycles. The van der Waals surface area contributed by atoms with E-state index in [1.165, 1.54) is 6.20 Å². The number of hydrogen-bond donors (Lipinski definition) is 1. The first-order valence-electron chi connectivity index (χ1n) is 7.14. The average Bonchev–Trinajstić information content (AvgIpc) is 2.49. The van der Waals surface area contributed by atoms with Gasteiger partial charge in [0.1, 0.15) is 28.3 Å². The Morgan fingerprint density at radius 3 is 2.65 bits per heavy atom. The van der Waals surface area contributed by atoms with E-state index in [2.05, 4.69) is 20.3 Å². The first-order valence-corrected chi connectivity index (χ1v) is 8.27. The maximum atomic E-state index is 6.31. The molecular weight excluding hydrogens is 359 g/mol. The summed E-state index contributed by atoms with van der Waals surface area (Å²) in [7, 11) is 0. The number of anilines is 1. The fourth-order valence-corrected chi connectivity index (χ4v) is 2.64. The van der Waals surface area contributed by atoms with Gasteiger partial charge in [-0.1, -0.05) is 41.7 Å². The Kier molecular flexibility index (Phi) is 6.27. The Bertz CT molecular complexity index is 697. The number of aryl methyl sites for hydroxylation is 2. The van der Waals surface area contributed by atoms with E-state index in [4.69, 9.17) is 39.5 Å². The average molecular weight is 376 g/mol. The predicted octanol–water partition coefficient (Wildman–Crippen LogP) is 4.58. The SMILES string of the molecule is CCc1nc(C)nc(NC(C)COc2ncc(Cl)cc2Cl)c1Cl. The molecule has 0 aromatic carbocycles. The van der Waals surface area contributed by atoms with Crippen molar-refractivity contribution in [2.45, 2.75) is 33.2 Å². The molecular formula is C15H17Cl3N4O. The van der Waals surface area contributed by atoms with Crippen molar-refractivity contribution in [1.82, 2.24) is 15.0 Å². The molecule has 0 amide bonds. The zero-order chi connectivity index (χ0) is 17.0. The molecule has 0 saturated carbocycles. The standard InChI is InChI=1S/C15H17Cl3N4O/c1-4-12-13(18)14(22-9(3)21-12)20-8(2)7-23-15-11(17)5-10(16)6-19-15/h5-6,8H,4,7H2,1-3H3,(H,20,21,22). The number of ether oxygens (including phenoxy) is 1. The van der Waals surface area contributed by atoms with Crippen molar-refractivity contribution in [1.29, 1.82) is 0 Å². The van der Waals surface area contributed by atoms with E-state index in [0.717, 1.165) is 12.1 Å². The molecule has 1 atom stereocenters. The number of halogens is 3. The van der Waals surface area contributed by atoms with Crippen LogP contribution in [-0.2, 0) is 6.42 Å². The van der Waals surface area contributed by atoms with Crippen LogP contribution in [0.4, 0.5) is 5.82 Å². The third-order valence-corrected chi connectivity index (χ3v) is 3.87. The zero-order valence-electron chi connectivity index (χ0n) is 13.0. The third-order valence-electron chi connectivity index (χ3n) is 2.99. The molecule has 0 saturated heterocycles. The number of aromatic nitrogens is 3. The molecule has 5 nitrogen and oxygen atoms in total. The maximum absolute atomic E-state index is 6.31. The van der Waals surface area contributed by atoms with Crippen molar-refractivity contribution >= 4 is 40.6 Å². The lowest BCUT2D eigenvalue weighted by Gasteiger charge is -2.17. The van der Waals surface area contributed by atoms with Crippen LogP contribution >= 0.6 is 34.8 Å². The summed E-state index contributed by atoms with van der Waals surface area (Å²) in [5.74, 6) is 1.61. The van der Waals surface area contributed by atoms with Crippen molar-refractivity contribution in [3.8, 4) is 5.88 Å². The lowest BCUT2D eigenvalue weighted by atomic mass is 10.3. The topological polar surface area (TPSA) is 59.9 Å². The van der Waals surface area contributed by atoms with Gasteiger partial charge < -0.3 is 10.1 Å². The maximum Gasteiger partial charge on any atom is 0.232 e. The lowest BCUT2D eigenvalue weighted by molar-refractivity contribution is 0.292. The molecule has 0 aliphatic heterocycles. The quantitative estimate of drug-likeness (QED) is 0.800. The second-order valence-electron chi connectivity index (χ2n) is 5.03. The summed E-state index contributed by atoms with van der Waals surface area (Å²) in [6.07, 6.45) is 2.23. The van der Waals surface area contributed by atoms with Gasteiger partial charge in [0.05, 0.1) is 16.8 Å². The monoisotopic (exact) mass is 374 g/mol. The van der Waals surface area contributed by atoms with Crippen molar-refractivity contribution in [3.63, 3.8) is 0 Å². The van der Waals surface area contributed by atoms with E-state index in [1.807, 2.05) is 20.8 Å². The molecule has 0 aliphatic carbocycles. The highest BCUT2D eigenvalue weighted by atomic mass is 35.5. The van der Waals surface area contributed by atoms with Crippen LogP contribution in [0.2, 0.25) is 15.1 Å². The first kappa shape index (κ1) is 18.0. The largest absolute Gasteiger partial charge is 0.474 e. The van der Waals surface area contributed by atoms with E-state index in [-0.39, 0.29) is 6.04 Å². The Balaban J connectivity index is 2.02. The highest BCUT2D eigenvalue weighted by Gasteiger charge is 2.13. The number of nitrogens with one attached hydrogen (secondary N) is 1. The molecule has 0 bridgehead atoms. The minimum atomic E-state index is -0.0555. The Hall–Kier alpha value is -1.30. The summed E-state index contributed by atoms with van der Waals surface area (Å²) in [4.78, 5) is 12.7. The summed E-state index contributed by atoms with van der Waals surface area (Å²) >= 11 is 18.1. The molecule has 0 spiro atoms. The van der Waals surface area contributed by atoms with Crippen LogP contribution in [0.5, 0.6) is 5.88 Å². The van der Waals surface area contributed by atoms with Gasteiger partial charge >= 0.3 is 0 Å². The van der Waals surface area contributed by atoms with Crippen LogP contribution in [0, 0.1) is 6.92 Å². The van der Waals surface area contributed by atoms with Gasteiger partial charge in [0.15, 0.2) is 0 Å². The van der Waals surface area contributed by atoms with E-state index in [0.29, 0.717) is 39.2 Å². The predicted molar refractivity (Wildman–Crippen MR) is 94.0 cm³/mol. The molecule has 124 valence electrons. The van der Waals surface area contributed by atoms with Crippen LogP contribution in [0.15, 0.2) is 12.3 Å². The van der Waals surface area contributed by atoms with Gasteiger partial charge in [-0.05, 0) is 26.3 Å². The van der Waals surface area contributed by atoms with Crippen LogP contribution in [-0.4, -0.2) is 27.6 Å². The van der Waals surface area contributed by atoms with Gasteiger partial charge in [0, 0.05) is 6.20 Å². The van der Waals surface area contributed by atoms with E-state index in [1.54, 1.807) is 6.07 Å². The molecule has 0 radical (unpaired) electrons. The number of rotatable bonds is 6. The van der Waals surface area contributed by atoms with Crippen molar-refractivity contribution in [2.75, 3.05) is 11.9 Å². The fraction of sp³-hybridized carbons (Fsp3) is 0.400. The van der Waals surface area contributed by atoms with Gasteiger partial charge in [-0.2, -0.15) is 0 Å². The number of pyridine rings is 1. The van der Waals surface area contributed by atoms with Crippen LogP contribution in [0.25, 0.3) is 0 Å². The van der Waals surface area contributed by atoms with Crippen molar-refractivity contribution in [3.05, 3.63) is 38.8 Å². The minimum Gasteiger partial charge on any atom is -0.474 e. The zero-order valence-corrected chi connectivity index (χ0v) is 15.3. The van der Waals surface area contributed by atoms with E-state index in [9.17, 15) is 0 Å². The normalized spacial score (nSPS) is 12.1. The molecule has 1 unspecified atom stereocenters. The first-order chi connectivity index (χ1) is 10.9. The molecule has 2 aromatic rings. The molecule has 2 aromatic heterocycles. The number of hydrogen-bond acceptors (Lipinski definition) is 5. The highest BCUT2D eigenvalue weighted by molar-refractivity contribution is 6.35. The highest BCUT2D eigenvalue weighted by Crippen LogP contribution is 2.26. The Labute approximate surface area is 150 Å². The summed E-state index contributed by atoms with van der Waals surface area (Å²) in [5, 5.41) is 4.59. The third kappa shape index (κ3) is 4.83. The van der Waals surface area contributed by atoms with Gasteiger partial charge in [-0.25, -0.2) is 15.0 Å².